The van der Waals surface area contributed by atoms with E-state index >= 15 is 0 Å². The summed E-state index contributed by atoms with van der Waals surface area (Å²) in [6.45, 7) is 4.03. The Morgan fingerprint density at radius 1 is 1.19 bits per heavy atom. The van der Waals surface area contributed by atoms with Crippen molar-refractivity contribution >= 4 is 17.7 Å². The van der Waals surface area contributed by atoms with E-state index in [4.69, 9.17) is 19.3 Å². The maximum atomic E-state index is 12.2. The highest BCUT2D eigenvalue weighted by molar-refractivity contribution is 6.01. The Balaban J connectivity index is 1.62. The molecule has 3 rings (SSSR count). The molecule has 1 aromatic heterocycles. The molecule has 1 N–H and O–H groups in total. The normalized spacial score (nSPS) is 10.6. The second-order valence-corrected chi connectivity index (χ2v) is 6.86. The molecule has 0 radical (unpaired) electrons. The molecule has 0 aliphatic carbocycles. The maximum absolute atomic E-state index is 12.2. The minimum absolute atomic E-state index is 0.259. The third-order valence-electron chi connectivity index (χ3n) is 4.67. The van der Waals surface area contributed by atoms with E-state index < -0.39 is 0 Å². The van der Waals surface area contributed by atoms with Gasteiger partial charge in [0.25, 0.3) is 0 Å². The van der Waals surface area contributed by atoms with Crippen molar-refractivity contribution in [1.82, 2.24) is 5.16 Å². The highest BCUT2D eigenvalue weighted by atomic mass is 16.5. The Morgan fingerprint density at radius 3 is 2.61 bits per heavy atom. The van der Waals surface area contributed by atoms with Crippen LogP contribution in [0.5, 0.6) is 11.5 Å². The van der Waals surface area contributed by atoms with Crippen LogP contribution in [0, 0.1) is 25.2 Å². The molecule has 0 unspecified atom stereocenters. The molecular weight excluding hydrogens is 394 g/mol. The Hall–Kier alpha value is -4.05. The predicted octanol–water partition coefficient (Wildman–Crippen LogP) is 4.60. The predicted molar refractivity (Wildman–Crippen MR) is 117 cm³/mol. The number of anilines is 1. The fourth-order valence-corrected chi connectivity index (χ4v) is 2.92. The van der Waals surface area contributed by atoms with Crippen LogP contribution in [-0.4, -0.2) is 18.2 Å². The molecule has 0 saturated heterocycles. The van der Waals surface area contributed by atoms with E-state index in [2.05, 4.69) is 16.5 Å². The van der Waals surface area contributed by atoms with Gasteiger partial charge >= 0.3 is 0 Å². The first kappa shape index (κ1) is 21.7. The fourth-order valence-electron chi connectivity index (χ4n) is 2.92. The van der Waals surface area contributed by atoms with Gasteiger partial charge in [-0.25, -0.2) is 0 Å². The fraction of sp³-hybridized carbons (Fsp3) is 0.208. The topological polar surface area (TPSA) is 97.4 Å². The van der Waals surface area contributed by atoms with Gasteiger partial charge in [0.05, 0.1) is 30.9 Å². The van der Waals surface area contributed by atoms with Crippen LogP contribution in [0.15, 0.2) is 53.1 Å². The largest absolute Gasteiger partial charge is 0.493 e. The zero-order valence-electron chi connectivity index (χ0n) is 17.6. The summed E-state index contributed by atoms with van der Waals surface area (Å²) >= 11 is 0. The van der Waals surface area contributed by atoms with Crippen molar-refractivity contribution < 1.29 is 18.8 Å². The van der Waals surface area contributed by atoms with Crippen LogP contribution in [0.25, 0.3) is 6.08 Å². The lowest BCUT2D eigenvalue weighted by atomic mass is 10.1. The van der Waals surface area contributed by atoms with Crippen LogP contribution in [0.3, 0.4) is 0 Å². The van der Waals surface area contributed by atoms with Crippen LogP contribution >= 0.6 is 0 Å². The molecule has 0 bridgehead atoms. The minimum atomic E-state index is -0.259. The number of methoxy groups -OCH3 is 1. The molecule has 0 fully saturated rings. The first-order valence-electron chi connectivity index (χ1n) is 9.67. The van der Waals surface area contributed by atoms with E-state index in [1.807, 2.05) is 32.0 Å². The summed E-state index contributed by atoms with van der Waals surface area (Å²) in [5.74, 6) is 1.61. The van der Waals surface area contributed by atoms with E-state index in [1.165, 1.54) is 6.08 Å². The summed E-state index contributed by atoms with van der Waals surface area (Å²) in [4.78, 5) is 12.2. The molecule has 31 heavy (non-hydrogen) atoms. The minimum Gasteiger partial charge on any atom is -0.493 e. The molecule has 1 amide bonds. The molecule has 0 aliphatic heterocycles. The Labute approximate surface area is 180 Å². The van der Waals surface area contributed by atoms with Crippen molar-refractivity contribution in [3.05, 3.63) is 76.7 Å². The standard InChI is InChI=1S/C24H23N3O4/c1-16-21(17(2)31-27-16)15-30-22-10-6-19(14-23(22)29-3)7-11-24(28)26-20-8-4-18(5-9-20)12-13-25/h4-11,14H,12,15H2,1-3H3,(H,26,28)/b11-7+. The van der Waals surface area contributed by atoms with E-state index in [1.54, 1.807) is 37.5 Å². The molecule has 0 saturated carbocycles. The van der Waals surface area contributed by atoms with E-state index in [0.717, 1.165) is 28.1 Å². The van der Waals surface area contributed by atoms with Crippen LogP contribution < -0.4 is 14.8 Å². The quantitative estimate of drug-likeness (QED) is 0.538. The van der Waals surface area contributed by atoms with Crippen molar-refractivity contribution in [2.45, 2.75) is 26.9 Å². The second kappa shape index (κ2) is 10.1. The summed E-state index contributed by atoms with van der Waals surface area (Å²) in [5.41, 5.74) is 4.06. The zero-order chi connectivity index (χ0) is 22.2. The average Bonchev–Trinajstić information content (AvgIpc) is 3.10. The highest BCUT2D eigenvalue weighted by Crippen LogP contribution is 2.30. The monoisotopic (exact) mass is 417 g/mol. The van der Waals surface area contributed by atoms with Gasteiger partial charge < -0.3 is 19.3 Å². The van der Waals surface area contributed by atoms with Gasteiger partial charge in [-0.05, 0) is 55.3 Å². The summed E-state index contributed by atoms with van der Waals surface area (Å²) in [6, 6.07) is 14.7. The SMILES string of the molecule is COc1cc(/C=C/C(=O)Nc2ccc(CC#N)cc2)ccc1OCc1c(C)noc1C. The van der Waals surface area contributed by atoms with E-state index in [-0.39, 0.29) is 5.91 Å². The molecule has 0 aliphatic rings. The van der Waals surface area contributed by atoms with Crippen molar-refractivity contribution in [2.24, 2.45) is 0 Å². The number of amides is 1. The lowest BCUT2D eigenvalue weighted by Gasteiger charge is -2.11. The van der Waals surface area contributed by atoms with Crippen LogP contribution in [0.2, 0.25) is 0 Å². The van der Waals surface area contributed by atoms with Crippen molar-refractivity contribution in [2.75, 3.05) is 12.4 Å². The maximum Gasteiger partial charge on any atom is 0.248 e. The van der Waals surface area contributed by atoms with Crippen LogP contribution in [-0.2, 0) is 17.8 Å². The van der Waals surface area contributed by atoms with Gasteiger partial charge in [-0.2, -0.15) is 5.26 Å². The number of carbonyl (C=O) groups is 1. The number of ether oxygens (including phenoxy) is 2. The third-order valence-corrected chi connectivity index (χ3v) is 4.67. The molecule has 0 spiro atoms. The van der Waals surface area contributed by atoms with Gasteiger partial charge in [0, 0.05) is 11.8 Å². The Bertz CT molecular complexity index is 1110. The Morgan fingerprint density at radius 2 is 1.97 bits per heavy atom. The molecule has 1 heterocycles. The van der Waals surface area contributed by atoms with Crippen molar-refractivity contribution in [1.29, 1.82) is 5.26 Å². The van der Waals surface area contributed by atoms with Gasteiger partial charge in [0.1, 0.15) is 12.4 Å². The highest BCUT2D eigenvalue weighted by Gasteiger charge is 2.12. The number of nitrogens with zero attached hydrogens (tertiary/aromatic N) is 2. The first-order valence-corrected chi connectivity index (χ1v) is 9.67. The number of benzene rings is 2. The summed E-state index contributed by atoms with van der Waals surface area (Å²) < 4.78 is 16.5. The number of rotatable bonds is 8. The number of hydrogen-bond acceptors (Lipinski definition) is 6. The van der Waals surface area contributed by atoms with Crippen molar-refractivity contribution in [3.63, 3.8) is 0 Å². The summed E-state index contributed by atoms with van der Waals surface area (Å²) in [6.07, 6.45) is 3.48. The van der Waals surface area contributed by atoms with Gasteiger partial charge in [0.2, 0.25) is 5.91 Å². The molecule has 7 heteroatoms. The number of nitrogens with one attached hydrogen (secondary N) is 1. The molecule has 0 atom stereocenters. The van der Waals surface area contributed by atoms with Gasteiger partial charge in [-0.15, -0.1) is 0 Å². The third kappa shape index (κ3) is 5.73. The number of aromatic nitrogens is 1. The summed E-state index contributed by atoms with van der Waals surface area (Å²) in [5, 5.41) is 15.4. The number of nitriles is 1. The van der Waals surface area contributed by atoms with E-state index in [9.17, 15) is 4.79 Å². The van der Waals surface area contributed by atoms with Crippen LogP contribution in [0.4, 0.5) is 5.69 Å². The number of hydrogen-bond donors (Lipinski definition) is 1. The van der Waals surface area contributed by atoms with E-state index in [0.29, 0.717) is 30.2 Å². The van der Waals surface area contributed by atoms with Gasteiger partial charge in [0.15, 0.2) is 11.5 Å². The Kier molecular flexibility index (Phi) is 7.07. The van der Waals surface area contributed by atoms with Gasteiger partial charge in [-0.3, -0.25) is 4.79 Å². The number of aryl methyl sites for hydroxylation is 2. The molecule has 2 aromatic carbocycles. The molecule has 3 aromatic rings. The molecule has 158 valence electrons. The second-order valence-electron chi connectivity index (χ2n) is 6.86. The first-order chi connectivity index (χ1) is 15.0. The van der Waals surface area contributed by atoms with Crippen LogP contribution in [0.1, 0.15) is 28.1 Å². The number of carbonyl (C=O) groups excluding carboxylic acids is 1. The molecular formula is C24H23N3O4. The summed E-state index contributed by atoms with van der Waals surface area (Å²) in [7, 11) is 1.56. The lowest BCUT2D eigenvalue weighted by Crippen LogP contribution is -2.07. The average molecular weight is 417 g/mol. The van der Waals surface area contributed by atoms with Crippen molar-refractivity contribution in [3.8, 4) is 17.6 Å². The zero-order valence-corrected chi connectivity index (χ0v) is 17.6. The van der Waals surface area contributed by atoms with Gasteiger partial charge in [-0.1, -0.05) is 23.4 Å². The lowest BCUT2D eigenvalue weighted by molar-refractivity contribution is -0.111. The molecule has 7 nitrogen and oxygen atoms in total. The smallest absolute Gasteiger partial charge is 0.248 e.